The zero-order valence-electron chi connectivity index (χ0n) is 10.4. The minimum atomic E-state index is -0.964. The average Bonchev–Trinajstić information content (AvgIpc) is 2.37. The maximum absolute atomic E-state index is 10.8. The van der Waals surface area contributed by atoms with Crippen LogP contribution in [0.5, 0.6) is 5.75 Å². The highest BCUT2D eigenvalue weighted by Crippen LogP contribution is 2.32. The standard InChI is InChI=1S/C13H16ClNO4/c14-10-5-11(7-15-6-10)19-8-13(18)3-1-9(2-4-13)12(16)17/h5-7,9,18H,1-4,8H2,(H,16,17). The second-order valence-electron chi connectivity index (χ2n) is 4.96. The van der Waals surface area contributed by atoms with Crippen molar-refractivity contribution in [2.45, 2.75) is 31.3 Å². The molecule has 1 heterocycles. The van der Waals surface area contributed by atoms with Crippen molar-refractivity contribution in [3.05, 3.63) is 23.5 Å². The van der Waals surface area contributed by atoms with Crippen molar-refractivity contribution in [1.29, 1.82) is 0 Å². The number of aliphatic carboxylic acids is 1. The van der Waals surface area contributed by atoms with E-state index in [0.29, 0.717) is 36.5 Å². The summed E-state index contributed by atoms with van der Waals surface area (Å²) in [7, 11) is 0. The van der Waals surface area contributed by atoms with Crippen LogP contribution < -0.4 is 4.74 Å². The van der Waals surface area contributed by atoms with Crippen LogP contribution in [0.3, 0.4) is 0 Å². The largest absolute Gasteiger partial charge is 0.489 e. The fourth-order valence-corrected chi connectivity index (χ4v) is 2.40. The Balaban J connectivity index is 1.88. The Morgan fingerprint density at radius 3 is 2.74 bits per heavy atom. The van der Waals surface area contributed by atoms with E-state index in [2.05, 4.69) is 4.98 Å². The zero-order valence-corrected chi connectivity index (χ0v) is 11.1. The van der Waals surface area contributed by atoms with Gasteiger partial charge in [-0.05, 0) is 25.7 Å². The molecule has 0 unspecified atom stereocenters. The van der Waals surface area contributed by atoms with E-state index >= 15 is 0 Å². The summed E-state index contributed by atoms with van der Waals surface area (Å²) in [6.45, 7) is 0.126. The molecule has 2 rings (SSSR count). The number of aliphatic hydroxyl groups is 1. The van der Waals surface area contributed by atoms with Crippen LogP contribution in [0, 0.1) is 5.92 Å². The third-order valence-electron chi connectivity index (χ3n) is 3.45. The number of carboxylic acid groups (broad SMARTS) is 1. The Morgan fingerprint density at radius 1 is 1.47 bits per heavy atom. The molecule has 0 saturated heterocycles. The number of carboxylic acids is 1. The first-order chi connectivity index (χ1) is 8.98. The summed E-state index contributed by atoms with van der Waals surface area (Å²) in [6, 6.07) is 1.63. The molecule has 0 amide bonds. The summed E-state index contributed by atoms with van der Waals surface area (Å²) in [5, 5.41) is 19.7. The molecule has 0 radical (unpaired) electrons. The lowest BCUT2D eigenvalue weighted by Gasteiger charge is -2.34. The van der Waals surface area contributed by atoms with Crippen molar-refractivity contribution in [1.82, 2.24) is 4.98 Å². The fraction of sp³-hybridized carbons (Fsp3) is 0.538. The minimum Gasteiger partial charge on any atom is -0.489 e. The van der Waals surface area contributed by atoms with Crippen LogP contribution in [0.2, 0.25) is 5.02 Å². The Kier molecular flexibility index (Phi) is 4.27. The second-order valence-corrected chi connectivity index (χ2v) is 5.40. The van der Waals surface area contributed by atoms with Gasteiger partial charge >= 0.3 is 5.97 Å². The number of pyridine rings is 1. The van der Waals surface area contributed by atoms with Crippen LogP contribution in [0.25, 0.3) is 0 Å². The smallest absolute Gasteiger partial charge is 0.306 e. The molecule has 0 bridgehead atoms. The van der Waals surface area contributed by atoms with Crippen molar-refractivity contribution in [2.24, 2.45) is 5.92 Å². The van der Waals surface area contributed by atoms with Gasteiger partial charge in [-0.1, -0.05) is 11.6 Å². The average molecular weight is 286 g/mol. The van der Waals surface area contributed by atoms with E-state index in [1.165, 1.54) is 12.4 Å². The molecule has 1 saturated carbocycles. The van der Waals surface area contributed by atoms with E-state index in [-0.39, 0.29) is 12.5 Å². The van der Waals surface area contributed by atoms with E-state index < -0.39 is 11.6 Å². The van der Waals surface area contributed by atoms with E-state index in [1.54, 1.807) is 6.07 Å². The second kappa shape index (κ2) is 5.75. The number of nitrogens with zero attached hydrogens (tertiary/aromatic N) is 1. The molecule has 1 fully saturated rings. The van der Waals surface area contributed by atoms with Crippen molar-refractivity contribution in [2.75, 3.05) is 6.61 Å². The van der Waals surface area contributed by atoms with Crippen LogP contribution in [0.15, 0.2) is 18.5 Å². The minimum absolute atomic E-state index is 0.126. The fourth-order valence-electron chi connectivity index (χ4n) is 2.24. The first-order valence-corrected chi connectivity index (χ1v) is 6.55. The van der Waals surface area contributed by atoms with Gasteiger partial charge in [0.25, 0.3) is 0 Å². The highest BCUT2D eigenvalue weighted by atomic mass is 35.5. The number of halogens is 1. The number of hydrogen-bond acceptors (Lipinski definition) is 4. The Labute approximate surface area is 116 Å². The van der Waals surface area contributed by atoms with E-state index in [4.69, 9.17) is 21.4 Å². The van der Waals surface area contributed by atoms with E-state index in [0.717, 1.165) is 0 Å². The van der Waals surface area contributed by atoms with Crippen LogP contribution in [0.1, 0.15) is 25.7 Å². The number of carbonyl (C=O) groups is 1. The topological polar surface area (TPSA) is 79.7 Å². The molecule has 1 aliphatic carbocycles. The maximum Gasteiger partial charge on any atom is 0.306 e. The molecular weight excluding hydrogens is 270 g/mol. The lowest BCUT2D eigenvalue weighted by Crippen LogP contribution is -2.41. The number of ether oxygens (including phenoxy) is 1. The van der Waals surface area contributed by atoms with Gasteiger partial charge < -0.3 is 14.9 Å². The summed E-state index contributed by atoms with van der Waals surface area (Å²) >= 11 is 5.78. The summed E-state index contributed by atoms with van der Waals surface area (Å²) in [6.07, 6.45) is 4.83. The third-order valence-corrected chi connectivity index (χ3v) is 3.66. The molecule has 104 valence electrons. The molecule has 0 spiro atoms. The molecule has 19 heavy (non-hydrogen) atoms. The van der Waals surface area contributed by atoms with Gasteiger partial charge in [0.15, 0.2) is 0 Å². The van der Waals surface area contributed by atoms with Crippen molar-refractivity contribution >= 4 is 17.6 Å². The first-order valence-electron chi connectivity index (χ1n) is 6.17. The van der Waals surface area contributed by atoms with E-state index in [9.17, 15) is 9.90 Å². The van der Waals surface area contributed by atoms with Crippen LogP contribution >= 0.6 is 11.6 Å². The predicted molar refractivity (Wildman–Crippen MR) is 69.3 cm³/mol. The molecule has 5 nitrogen and oxygen atoms in total. The predicted octanol–water partition coefficient (Wildman–Crippen LogP) is 2.12. The molecule has 0 atom stereocenters. The van der Waals surface area contributed by atoms with Gasteiger partial charge in [-0.3, -0.25) is 9.78 Å². The highest BCUT2D eigenvalue weighted by molar-refractivity contribution is 6.30. The quantitative estimate of drug-likeness (QED) is 0.886. The van der Waals surface area contributed by atoms with Crippen molar-refractivity contribution < 1.29 is 19.7 Å². The summed E-state index contributed by atoms with van der Waals surface area (Å²) in [4.78, 5) is 14.7. The maximum atomic E-state index is 10.8. The molecule has 0 aromatic carbocycles. The monoisotopic (exact) mass is 285 g/mol. The Bertz CT molecular complexity index is 458. The molecule has 1 aromatic heterocycles. The molecule has 6 heteroatoms. The van der Waals surface area contributed by atoms with Crippen molar-refractivity contribution in [3.63, 3.8) is 0 Å². The number of rotatable bonds is 4. The van der Waals surface area contributed by atoms with Crippen LogP contribution in [0.4, 0.5) is 0 Å². The number of hydrogen-bond donors (Lipinski definition) is 2. The SMILES string of the molecule is O=C(O)C1CCC(O)(COc2cncc(Cl)c2)CC1. The molecule has 1 aliphatic rings. The molecule has 1 aromatic rings. The highest BCUT2D eigenvalue weighted by Gasteiger charge is 2.36. The molecule has 2 N–H and O–H groups in total. The van der Waals surface area contributed by atoms with Gasteiger partial charge in [0.2, 0.25) is 0 Å². The Hall–Kier alpha value is -1.33. The van der Waals surface area contributed by atoms with Gasteiger partial charge in [-0.15, -0.1) is 0 Å². The third kappa shape index (κ3) is 3.81. The normalized spacial score (nSPS) is 26.9. The first kappa shape index (κ1) is 14.1. The van der Waals surface area contributed by atoms with Gasteiger partial charge in [-0.25, -0.2) is 0 Å². The Morgan fingerprint density at radius 2 is 2.16 bits per heavy atom. The van der Waals surface area contributed by atoms with Crippen molar-refractivity contribution in [3.8, 4) is 5.75 Å². The zero-order chi connectivity index (χ0) is 13.9. The summed E-state index contributed by atoms with van der Waals surface area (Å²) in [5.41, 5.74) is -0.964. The molecular formula is C13H16ClNO4. The van der Waals surface area contributed by atoms with Crippen LogP contribution in [-0.2, 0) is 4.79 Å². The molecule has 0 aliphatic heterocycles. The van der Waals surface area contributed by atoms with Gasteiger partial charge in [0.05, 0.1) is 22.7 Å². The lowest BCUT2D eigenvalue weighted by atomic mass is 9.79. The van der Waals surface area contributed by atoms with Gasteiger partial charge in [0, 0.05) is 12.3 Å². The van der Waals surface area contributed by atoms with Gasteiger partial charge in [-0.2, -0.15) is 0 Å². The summed E-state index contributed by atoms with van der Waals surface area (Å²) in [5.74, 6) is -0.642. The van der Waals surface area contributed by atoms with E-state index in [1.807, 2.05) is 0 Å². The van der Waals surface area contributed by atoms with Crippen LogP contribution in [-0.4, -0.2) is 33.4 Å². The summed E-state index contributed by atoms with van der Waals surface area (Å²) < 4.78 is 5.48. The van der Waals surface area contributed by atoms with Gasteiger partial charge in [0.1, 0.15) is 12.4 Å². The lowest BCUT2D eigenvalue weighted by molar-refractivity contribution is -0.145. The number of aromatic nitrogens is 1.